The maximum Gasteiger partial charge on any atom is 0.161 e. The highest BCUT2D eigenvalue weighted by atomic mass is 16.7. The Morgan fingerprint density at radius 3 is 2.68 bits per heavy atom. The number of unbranched alkanes of at least 4 members (excludes halogenated alkanes) is 1. The van der Waals surface area contributed by atoms with E-state index in [0.29, 0.717) is 5.92 Å². The van der Waals surface area contributed by atoms with Crippen molar-refractivity contribution in [3.63, 3.8) is 0 Å². The van der Waals surface area contributed by atoms with Crippen LogP contribution >= 0.6 is 0 Å². The van der Waals surface area contributed by atoms with Crippen LogP contribution in [0.3, 0.4) is 0 Å². The summed E-state index contributed by atoms with van der Waals surface area (Å²) >= 11 is 0. The van der Waals surface area contributed by atoms with E-state index in [2.05, 4.69) is 18.7 Å². The third-order valence-corrected chi connectivity index (χ3v) is 4.18. The van der Waals surface area contributed by atoms with E-state index in [0.717, 1.165) is 45.9 Å². The van der Waals surface area contributed by atoms with Crippen LogP contribution in [-0.4, -0.2) is 56.7 Å². The molecule has 0 aliphatic carbocycles. The largest absolute Gasteiger partial charge is 0.379 e. The quantitative estimate of drug-likeness (QED) is 0.711. The van der Waals surface area contributed by atoms with Gasteiger partial charge < -0.3 is 14.2 Å². The van der Waals surface area contributed by atoms with E-state index in [-0.39, 0.29) is 12.4 Å². The molecular weight excluding hydrogens is 242 g/mol. The molecule has 0 saturated carbocycles. The molecule has 4 heteroatoms. The molecule has 2 rings (SSSR count). The zero-order valence-electron chi connectivity index (χ0n) is 12.5. The van der Waals surface area contributed by atoms with Crippen LogP contribution < -0.4 is 0 Å². The summed E-state index contributed by atoms with van der Waals surface area (Å²) in [7, 11) is 0. The first-order chi connectivity index (χ1) is 9.33. The third kappa shape index (κ3) is 4.71. The zero-order chi connectivity index (χ0) is 13.5. The Morgan fingerprint density at radius 1 is 1.21 bits per heavy atom. The first-order valence-corrected chi connectivity index (χ1v) is 7.90. The first-order valence-electron chi connectivity index (χ1n) is 7.90. The van der Waals surface area contributed by atoms with Crippen molar-refractivity contribution in [3.05, 3.63) is 0 Å². The number of ether oxygens (including phenoxy) is 3. The highest BCUT2D eigenvalue weighted by molar-refractivity contribution is 4.75. The Bertz CT molecular complexity index is 244. The maximum absolute atomic E-state index is 6.11. The van der Waals surface area contributed by atoms with Crippen molar-refractivity contribution >= 4 is 0 Å². The summed E-state index contributed by atoms with van der Waals surface area (Å²) in [6.07, 6.45) is 5.18. The van der Waals surface area contributed by atoms with Crippen LogP contribution in [0, 0.1) is 5.92 Å². The summed E-state index contributed by atoms with van der Waals surface area (Å²) in [5.41, 5.74) is 0. The topological polar surface area (TPSA) is 30.9 Å². The Morgan fingerprint density at radius 2 is 2.00 bits per heavy atom. The molecule has 0 spiro atoms. The SMILES string of the molecule is CCCC[C@@H](CC)[C@@H]1OC[C@H](CN2CCOCC2)O1. The summed E-state index contributed by atoms with van der Waals surface area (Å²) in [5.74, 6) is 0.564. The lowest BCUT2D eigenvalue weighted by Crippen LogP contribution is -2.41. The minimum absolute atomic E-state index is 0.0302. The highest BCUT2D eigenvalue weighted by Crippen LogP contribution is 2.26. The predicted molar refractivity (Wildman–Crippen MR) is 75.2 cm³/mol. The molecule has 0 aromatic rings. The van der Waals surface area contributed by atoms with Gasteiger partial charge >= 0.3 is 0 Å². The molecule has 19 heavy (non-hydrogen) atoms. The fourth-order valence-corrected chi connectivity index (χ4v) is 2.88. The zero-order valence-corrected chi connectivity index (χ0v) is 12.5. The average Bonchev–Trinajstić information content (AvgIpc) is 2.89. The van der Waals surface area contributed by atoms with Gasteiger partial charge in [-0.1, -0.05) is 26.7 Å². The summed E-state index contributed by atoms with van der Waals surface area (Å²) < 4.78 is 17.4. The molecule has 0 aromatic heterocycles. The minimum Gasteiger partial charge on any atom is -0.379 e. The monoisotopic (exact) mass is 271 g/mol. The van der Waals surface area contributed by atoms with E-state index in [4.69, 9.17) is 14.2 Å². The fraction of sp³-hybridized carbons (Fsp3) is 1.00. The molecule has 0 radical (unpaired) electrons. The normalized spacial score (nSPS) is 30.6. The Hall–Kier alpha value is -0.160. The van der Waals surface area contributed by atoms with Gasteiger partial charge in [-0.15, -0.1) is 0 Å². The van der Waals surface area contributed by atoms with Gasteiger partial charge in [-0.25, -0.2) is 0 Å². The van der Waals surface area contributed by atoms with Crippen LogP contribution in [0.15, 0.2) is 0 Å². The number of hydrogen-bond acceptors (Lipinski definition) is 4. The van der Waals surface area contributed by atoms with Gasteiger partial charge in [-0.2, -0.15) is 0 Å². The van der Waals surface area contributed by atoms with Crippen LogP contribution in [0.5, 0.6) is 0 Å². The van der Waals surface area contributed by atoms with Crippen molar-refractivity contribution < 1.29 is 14.2 Å². The average molecular weight is 271 g/mol. The van der Waals surface area contributed by atoms with Crippen LogP contribution in [0.4, 0.5) is 0 Å². The molecule has 0 aromatic carbocycles. The summed E-state index contributed by atoms with van der Waals surface area (Å²) in [4.78, 5) is 2.42. The second-order valence-electron chi connectivity index (χ2n) is 5.68. The Balaban J connectivity index is 1.71. The van der Waals surface area contributed by atoms with Crippen molar-refractivity contribution in [2.45, 2.75) is 51.9 Å². The van der Waals surface area contributed by atoms with Gasteiger partial charge in [0.05, 0.1) is 25.9 Å². The molecule has 0 amide bonds. The van der Waals surface area contributed by atoms with Crippen LogP contribution in [0.1, 0.15) is 39.5 Å². The van der Waals surface area contributed by atoms with Gasteiger partial charge in [0.15, 0.2) is 6.29 Å². The lowest BCUT2D eigenvalue weighted by Gasteiger charge is -2.28. The fourth-order valence-electron chi connectivity index (χ4n) is 2.88. The minimum atomic E-state index is 0.0302. The molecule has 112 valence electrons. The number of morpholine rings is 1. The van der Waals surface area contributed by atoms with Crippen LogP contribution in [-0.2, 0) is 14.2 Å². The summed E-state index contributed by atoms with van der Waals surface area (Å²) in [6, 6.07) is 0. The van der Waals surface area contributed by atoms with Crippen molar-refractivity contribution in [3.8, 4) is 0 Å². The number of rotatable bonds is 7. The molecule has 2 fully saturated rings. The first kappa shape index (κ1) is 15.2. The van der Waals surface area contributed by atoms with Crippen molar-refractivity contribution in [2.75, 3.05) is 39.5 Å². The lowest BCUT2D eigenvalue weighted by atomic mass is 9.99. The van der Waals surface area contributed by atoms with Gasteiger partial charge in [-0.3, -0.25) is 4.90 Å². The van der Waals surface area contributed by atoms with E-state index in [1.807, 2.05) is 0 Å². The molecule has 2 saturated heterocycles. The van der Waals surface area contributed by atoms with Crippen LogP contribution in [0.25, 0.3) is 0 Å². The van der Waals surface area contributed by atoms with Gasteiger partial charge in [0.1, 0.15) is 0 Å². The van der Waals surface area contributed by atoms with E-state index in [1.54, 1.807) is 0 Å². The molecule has 0 N–H and O–H groups in total. The predicted octanol–water partition coefficient (Wildman–Crippen LogP) is 2.28. The van der Waals surface area contributed by atoms with E-state index in [9.17, 15) is 0 Å². The highest BCUT2D eigenvalue weighted by Gasteiger charge is 2.32. The Kier molecular flexibility index (Phi) is 6.57. The molecule has 2 aliphatic rings. The van der Waals surface area contributed by atoms with Crippen molar-refractivity contribution in [2.24, 2.45) is 5.92 Å². The van der Waals surface area contributed by atoms with Gasteiger partial charge in [-0.05, 0) is 12.8 Å². The number of hydrogen-bond donors (Lipinski definition) is 0. The molecule has 0 bridgehead atoms. The summed E-state index contributed by atoms with van der Waals surface area (Å²) in [5, 5.41) is 0. The van der Waals surface area contributed by atoms with Gasteiger partial charge in [0.2, 0.25) is 0 Å². The molecule has 0 unspecified atom stereocenters. The molecule has 4 nitrogen and oxygen atoms in total. The molecule has 2 heterocycles. The maximum atomic E-state index is 6.11. The van der Waals surface area contributed by atoms with Gasteiger partial charge in [0, 0.05) is 25.6 Å². The van der Waals surface area contributed by atoms with E-state index in [1.165, 1.54) is 19.3 Å². The smallest absolute Gasteiger partial charge is 0.161 e. The van der Waals surface area contributed by atoms with E-state index >= 15 is 0 Å². The van der Waals surface area contributed by atoms with Crippen molar-refractivity contribution in [1.82, 2.24) is 4.90 Å². The lowest BCUT2D eigenvalue weighted by molar-refractivity contribution is -0.104. The van der Waals surface area contributed by atoms with Gasteiger partial charge in [0.25, 0.3) is 0 Å². The molecule has 3 atom stereocenters. The standard InChI is InChI=1S/C15H29NO3/c1-3-5-6-13(4-2)15-18-12-14(19-15)11-16-7-9-17-10-8-16/h13-15H,3-12H2,1-2H3/t13-,14+,15-/m1/s1. The number of nitrogens with zero attached hydrogens (tertiary/aromatic N) is 1. The van der Waals surface area contributed by atoms with Crippen molar-refractivity contribution in [1.29, 1.82) is 0 Å². The third-order valence-electron chi connectivity index (χ3n) is 4.18. The second-order valence-corrected chi connectivity index (χ2v) is 5.68. The van der Waals surface area contributed by atoms with Crippen LogP contribution in [0.2, 0.25) is 0 Å². The molecule has 2 aliphatic heterocycles. The molecular formula is C15H29NO3. The Labute approximate surface area is 117 Å². The summed E-state index contributed by atoms with van der Waals surface area (Å²) in [6.45, 7) is 9.98. The van der Waals surface area contributed by atoms with E-state index < -0.39 is 0 Å². The second kappa shape index (κ2) is 8.20.